The molecule has 2 atom stereocenters. The molecule has 2 nitrogen and oxygen atoms in total. The SMILES string of the molecule is CC1CC(N2CCC(C(F)(F)F)CC2)CCN1. The fourth-order valence-electron chi connectivity index (χ4n) is 3.03. The molecular formula is C12H21F3N2. The number of piperidine rings is 2. The van der Waals surface area contributed by atoms with Crippen LogP contribution >= 0.6 is 0 Å². The highest BCUT2D eigenvalue weighted by Gasteiger charge is 2.42. The lowest BCUT2D eigenvalue weighted by molar-refractivity contribution is -0.186. The van der Waals surface area contributed by atoms with Gasteiger partial charge in [0.15, 0.2) is 0 Å². The summed E-state index contributed by atoms with van der Waals surface area (Å²) in [5, 5.41) is 3.38. The molecule has 0 aromatic rings. The third-order valence-corrected chi connectivity index (χ3v) is 4.10. The molecule has 0 aromatic heterocycles. The number of hydrogen-bond acceptors (Lipinski definition) is 2. The Morgan fingerprint density at radius 1 is 1.12 bits per heavy atom. The number of alkyl halides is 3. The van der Waals surface area contributed by atoms with Crippen molar-refractivity contribution in [1.82, 2.24) is 10.2 Å². The average Bonchev–Trinajstić information content (AvgIpc) is 2.28. The van der Waals surface area contributed by atoms with Gasteiger partial charge in [-0.2, -0.15) is 13.2 Å². The number of nitrogens with one attached hydrogen (secondary N) is 1. The van der Waals surface area contributed by atoms with E-state index < -0.39 is 12.1 Å². The van der Waals surface area contributed by atoms with Gasteiger partial charge in [0, 0.05) is 12.1 Å². The van der Waals surface area contributed by atoms with Gasteiger partial charge in [-0.1, -0.05) is 0 Å². The molecule has 2 fully saturated rings. The Hall–Kier alpha value is -0.290. The Morgan fingerprint density at radius 3 is 2.29 bits per heavy atom. The van der Waals surface area contributed by atoms with Gasteiger partial charge in [0.1, 0.15) is 0 Å². The molecule has 0 spiro atoms. The minimum Gasteiger partial charge on any atom is -0.314 e. The highest BCUT2D eigenvalue weighted by Crippen LogP contribution is 2.35. The number of rotatable bonds is 1. The minimum absolute atomic E-state index is 0.280. The third kappa shape index (κ3) is 3.35. The summed E-state index contributed by atoms with van der Waals surface area (Å²) in [5.41, 5.74) is 0. The first-order valence-electron chi connectivity index (χ1n) is 6.51. The monoisotopic (exact) mass is 250 g/mol. The van der Waals surface area contributed by atoms with Crippen LogP contribution in [0.1, 0.15) is 32.6 Å². The van der Waals surface area contributed by atoms with Gasteiger partial charge in [0.25, 0.3) is 0 Å². The van der Waals surface area contributed by atoms with Gasteiger partial charge in [-0.3, -0.25) is 0 Å². The maximum Gasteiger partial charge on any atom is 0.391 e. The van der Waals surface area contributed by atoms with Crippen LogP contribution in [0.15, 0.2) is 0 Å². The molecule has 5 heteroatoms. The molecule has 0 radical (unpaired) electrons. The van der Waals surface area contributed by atoms with E-state index in [1.54, 1.807) is 0 Å². The van der Waals surface area contributed by atoms with Crippen molar-refractivity contribution >= 4 is 0 Å². The van der Waals surface area contributed by atoms with Crippen molar-refractivity contribution in [3.63, 3.8) is 0 Å². The van der Waals surface area contributed by atoms with Gasteiger partial charge >= 0.3 is 6.18 Å². The third-order valence-electron chi connectivity index (χ3n) is 4.10. The zero-order chi connectivity index (χ0) is 12.5. The predicted molar refractivity (Wildman–Crippen MR) is 60.8 cm³/mol. The van der Waals surface area contributed by atoms with Crippen LogP contribution in [0, 0.1) is 5.92 Å². The smallest absolute Gasteiger partial charge is 0.314 e. The standard InChI is InChI=1S/C12H21F3N2/c1-9-8-11(2-5-16-9)17-6-3-10(4-7-17)12(13,14)15/h9-11,16H,2-8H2,1H3. The predicted octanol–water partition coefficient (Wildman–Crippen LogP) is 2.40. The summed E-state index contributed by atoms with van der Waals surface area (Å²) in [6.07, 6.45) is -1.30. The molecule has 0 bridgehead atoms. The summed E-state index contributed by atoms with van der Waals surface area (Å²) in [6, 6.07) is 0.981. The molecule has 2 aliphatic heterocycles. The molecule has 2 unspecified atom stereocenters. The number of likely N-dealkylation sites (tertiary alicyclic amines) is 1. The lowest BCUT2D eigenvalue weighted by atomic mass is 9.92. The van der Waals surface area contributed by atoms with Crippen molar-refractivity contribution in [2.75, 3.05) is 19.6 Å². The van der Waals surface area contributed by atoms with Gasteiger partial charge in [0.2, 0.25) is 0 Å². The summed E-state index contributed by atoms with van der Waals surface area (Å²) < 4.78 is 37.6. The topological polar surface area (TPSA) is 15.3 Å². The van der Waals surface area contributed by atoms with Crippen molar-refractivity contribution in [2.24, 2.45) is 5.92 Å². The highest BCUT2D eigenvalue weighted by molar-refractivity contribution is 4.86. The van der Waals surface area contributed by atoms with E-state index in [1.807, 2.05) is 0 Å². The van der Waals surface area contributed by atoms with E-state index in [2.05, 4.69) is 17.1 Å². The molecule has 17 heavy (non-hydrogen) atoms. The van der Waals surface area contributed by atoms with Crippen molar-refractivity contribution in [3.8, 4) is 0 Å². The van der Waals surface area contributed by atoms with Crippen molar-refractivity contribution in [1.29, 1.82) is 0 Å². The zero-order valence-electron chi connectivity index (χ0n) is 10.3. The Kier molecular flexibility index (Phi) is 3.98. The number of nitrogens with zero attached hydrogens (tertiary/aromatic N) is 1. The van der Waals surface area contributed by atoms with E-state index in [9.17, 15) is 13.2 Å². The van der Waals surface area contributed by atoms with Gasteiger partial charge in [0.05, 0.1) is 5.92 Å². The van der Waals surface area contributed by atoms with Crippen LogP contribution in [-0.2, 0) is 0 Å². The lowest BCUT2D eigenvalue weighted by Crippen LogP contribution is -2.50. The molecule has 0 saturated carbocycles. The highest BCUT2D eigenvalue weighted by atomic mass is 19.4. The van der Waals surface area contributed by atoms with E-state index in [4.69, 9.17) is 0 Å². The van der Waals surface area contributed by atoms with Gasteiger partial charge < -0.3 is 10.2 Å². The first-order valence-corrected chi connectivity index (χ1v) is 6.51. The van der Waals surface area contributed by atoms with E-state index >= 15 is 0 Å². The van der Waals surface area contributed by atoms with E-state index in [1.165, 1.54) is 0 Å². The summed E-state index contributed by atoms with van der Waals surface area (Å²) in [4.78, 5) is 2.26. The average molecular weight is 250 g/mol. The molecule has 2 rings (SSSR count). The first kappa shape index (κ1) is 13.1. The lowest BCUT2D eigenvalue weighted by Gasteiger charge is -2.41. The van der Waals surface area contributed by atoms with Crippen LogP contribution < -0.4 is 5.32 Å². The van der Waals surface area contributed by atoms with Crippen LogP contribution in [0.4, 0.5) is 13.2 Å². The molecule has 100 valence electrons. The van der Waals surface area contributed by atoms with Crippen LogP contribution in [0.25, 0.3) is 0 Å². The molecule has 2 aliphatic rings. The van der Waals surface area contributed by atoms with Gasteiger partial charge in [-0.05, 0) is 52.2 Å². The van der Waals surface area contributed by atoms with Gasteiger partial charge in [-0.25, -0.2) is 0 Å². The summed E-state index contributed by atoms with van der Waals surface area (Å²) in [7, 11) is 0. The molecule has 0 amide bonds. The fraction of sp³-hybridized carbons (Fsp3) is 1.00. The van der Waals surface area contributed by atoms with Crippen LogP contribution in [0.3, 0.4) is 0 Å². The second-order valence-corrected chi connectivity index (χ2v) is 5.39. The summed E-state index contributed by atoms with van der Waals surface area (Å²) in [5.74, 6) is -1.07. The Labute approximate surface area is 101 Å². The van der Waals surface area contributed by atoms with E-state index in [0.717, 1.165) is 19.4 Å². The molecule has 2 saturated heterocycles. The first-order chi connectivity index (χ1) is 7.97. The largest absolute Gasteiger partial charge is 0.391 e. The quantitative estimate of drug-likeness (QED) is 0.768. The van der Waals surface area contributed by atoms with Crippen LogP contribution in [0.2, 0.25) is 0 Å². The van der Waals surface area contributed by atoms with Crippen molar-refractivity contribution in [3.05, 3.63) is 0 Å². The van der Waals surface area contributed by atoms with Crippen LogP contribution in [0.5, 0.6) is 0 Å². The van der Waals surface area contributed by atoms with E-state index in [0.29, 0.717) is 25.2 Å². The molecule has 0 aliphatic carbocycles. The molecule has 0 aromatic carbocycles. The number of halogens is 3. The van der Waals surface area contributed by atoms with E-state index in [-0.39, 0.29) is 12.8 Å². The number of hydrogen-bond donors (Lipinski definition) is 1. The van der Waals surface area contributed by atoms with Crippen molar-refractivity contribution < 1.29 is 13.2 Å². The summed E-state index contributed by atoms with van der Waals surface area (Å²) in [6.45, 7) is 4.36. The second-order valence-electron chi connectivity index (χ2n) is 5.39. The Balaban J connectivity index is 1.82. The Bertz CT molecular complexity index is 247. The minimum atomic E-state index is -3.99. The Morgan fingerprint density at radius 2 is 1.76 bits per heavy atom. The maximum atomic E-state index is 12.5. The zero-order valence-corrected chi connectivity index (χ0v) is 10.3. The van der Waals surface area contributed by atoms with Gasteiger partial charge in [-0.15, -0.1) is 0 Å². The van der Waals surface area contributed by atoms with Crippen molar-refractivity contribution in [2.45, 2.75) is 50.9 Å². The molecular weight excluding hydrogens is 229 g/mol. The normalized spacial score (nSPS) is 33.9. The maximum absolute atomic E-state index is 12.5. The molecule has 2 heterocycles. The second kappa shape index (κ2) is 5.14. The van der Waals surface area contributed by atoms with Crippen LogP contribution in [-0.4, -0.2) is 42.8 Å². The fourth-order valence-corrected chi connectivity index (χ4v) is 3.03. The summed E-state index contributed by atoms with van der Waals surface area (Å²) >= 11 is 0. The molecule has 1 N–H and O–H groups in total.